The molecule has 3 rings (SSSR count). The molecule has 0 aliphatic carbocycles. The van der Waals surface area contributed by atoms with Crippen LogP contribution in [0, 0.1) is 19.8 Å². The van der Waals surface area contributed by atoms with E-state index in [2.05, 4.69) is 4.72 Å². The Bertz CT molecular complexity index is 1330. The number of hydrogen-bond donors (Lipinski definition) is 1. The van der Waals surface area contributed by atoms with Crippen LogP contribution in [0.15, 0.2) is 56.6 Å². The predicted molar refractivity (Wildman–Crippen MR) is 124 cm³/mol. The van der Waals surface area contributed by atoms with Gasteiger partial charge in [0.15, 0.2) is 0 Å². The summed E-state index contributed by atoms with van der Waals surface area (Å²) in [5, 5.41) is 0.658. The molecule has 1 heterocycles. The summed E-state index contributed by atoms with van der Waals surface area (Å²) in [6, 6.07) is 9.61. The largest absolute Gasteiger partial charge is 0.497 e. The molecule has 0 amide bonds. The summed E-state index contributed by atoms with van der Waals surface area (Å²) < 4.78 is 43.8. The van der Waals surface area contributed by atoms with Crippen LogP contribution in [0.1, 0.15) is 30.5 Å². The molecule has 0 saturated heterocycles. The van der Waals surface area contributed by atoms with Crippen molar-refractivity contribution in [2.45, 2.75) is 45.2 Å². The van der Waals surface area contributed by atoms with Crippen molar-refractivity contribution in [1.29, 1.82) is 0 Å². The molecule has 33 heavy (non-hydrogen) atoms. The highest BCUT2D eigenvalue weighted by molar-refractivity contribution is 7.89. The number of fused-ring (bicyclic) bond motifs is 1. The van der Waals surface area contributed by atoms with E-state index in [4.69, 9.17) is 13.9 Å². The second-order valence-corrected chi connectivity index (χ2v) is 9.86. The molecule has 9 heteroatoms. The van der Waals surface area contributed by atoms with Crippen LogP contribution in [-0.2, 0) is 26.2 Å². The highest BCUT2D eigenvalue weighted by atomic mass is 32.2. The fraction of sp³-hybridized carbons (Fsp3) is 0.333. The number of methoxy groups -OCH3 is 1. The van der Waals surface area contributed by atoms with E-state index in [9.17, 15) is 18.0 Å². The van der Waals surface area contributed by atoms with E-state index < -0.39 is 27.7 Å². The Kier molecular flexibility index (Phi) is 7.24. The molecule has 0 aliphatic heterocycles. The van der Waals surface area contributed by atoms with Gasteiger partial charge in [-0.2, -0.15) is 4.72 Å². The van der Waals surface area contributed by atoms with Gasteiger partial charge in [-0.15, -0.1) is 0 Å². The van der Waals surface area contributed by atoms with Gasteiger partial charge in [-0.1, -0.05) is 13.8 Å². The van der Waals surface area contributed by atoms with Gasteiger partial charge in [-0.05, 0) is 67.3 Å². The van der Waals surface area contributed by atoms with Crippen molar-refractivity contribution in [3.05, 3.63) is 69.6 Å². The number of hydrogen-bond acceptors (Lipinski definition) is 7. The summed E-state index contributed by atoms with van der Waals surface area (Å²) in [5.74, 6) is -0.612. The third-order valence-electron chi connectivity index (χ3n) is 5.39. The molecule has 1 aromatic heterocycles. The number of carbonyl (C=O) groups excluding carboxylic acids is 1. The first-order chi connectivity index (χ1) is 15.5. The number of esters is 1. The van der Waals surface area contributed by atoms with Crippen LogP contribution in [0.3, 0.4) is 0 Å². The normalized spacial score (nSPS) is 12.7. The summed E-state index contributed by atoms with van der Waals surface area (Å²) in [6.07, 6.45) is 0. The molecule has 0 unspecified atom stereocenters. The van der Waals surface area contributed by atoms with E-state index in [1.807, 2.05) is 19.9 Å². The molecule has 8 nitrogen and oxygen atoms in total. The molecular formula is C24H27NO7S. The molecule has 0 spiro atoms. The summed E-state index contributed by atoms with van der Waals surface area (Å²) in [7, 11) is -2.50. The molecule has 1 N–H and O–H groups in total. The molecule has 1 atom stereocenters. The van der Waals surface area contributed by atoms with Crippen molar-refractivity contribution in [3.63, 3.8) is 0 Å². The maximum Gasteiger partial charge on any atom is 0.336 e. The first-order valence-electron chi connectivity index (χ1n) is 10.4. The van der Waals surface area contributed by atoms with E-state index in [1.54, 1.807) is 19.9 Å². The molecular weight excluding hydrogens is 446 g/mol. The number of carbonyl (C=O) groups is 1. The van der Waals surface area contributed by atoms with Crippen molar-refractivity contribution in [2.24, 2.45) is 5.92 Å². The van der Waals surface area contributed by atoms with Gasteiger partial charge < -0.3 is 13.9 Å². The number of benzene rings is 2. The maximum atomic E-state index is 12.8. The van der Waals surface area contributed by atoms with Crippen LogP contribution < -0.4 is 15.1 Å². The maximum absolute atomic E-state index is 12.8. The molecule has 3 aromatic rings. The molecule has 0 bridgehead atoms. The lowest BCUT2D eigenvalue weighted by atomic mass is 10.0. The van der Waals surface area contributed by atoms with Crippen LogP contribution in [0.2, 0.25) is 0 Å². The lowest BCUT2D eigenvalue weighted by Gasteiger charge is -2.21. The first-order valence-corrected chi connectivity index (χ1v) is 11.9. The number of rotatable bonds is 8. The molecule has 0 aliphatic rings. The summed E-state index contributed by atoms with van der Waals surface area (Å²) in [5.41, 5.74) is 2.29. The monoisotopic (exact) mass is 473 g/mol. The Labute approximate surface area is 192 Å². The number of nitrogens with one attached hydrogen (secondary N) is 1. The summed E-state index contributed by atoms with van der Waals surface area (Å²) >= 11 is 0. The highest BCUT2D eigenvalue weighted by Gasteiger charge is 2.30. The van der Waals surface area contributed by atoms with E-state index >= 15 is 0 Å². The van der Waals surface area contributed by atoms with E-state index in [1.165, 1.54) is 37.4 Å². The van der Waals surface area contributed by atoms with E-state index in [0.717, 1.165) is 11.1 Å². The number of sulfonamides is 1. The van der Waals surface area contributed by atoms with Crippen molar-refractivity contribution < 1.29 is 27.1 Å². The van der Waals surface area contributed by atoms with Crippen LogP contribution in [0.25, 0.3) is 11.0 Å². The van der Waals surface area contributed by atoms with Gasteiger partial charge in [0.1, 0.15) is 24.0 Å². The molecule has 0 fully saturated rings. The summed E-state index contributed by atoms with van der Waals surface area (Å²) in [4.78, 5) is 24.8. The molecule has 2 aromatic carbocycles. The average molecular weight is 474 g/mol. The van der Waals surface area contributed by atoms with Gasteiger partial charge >= 0.3 is 11.6 Å². The predicted octanol–water partition coefficient (Wildman–Crippen LogP) is 3.46. The minimum atomic E-state index is -3.98. The SMILES string of the molecule is COc1ccc(S(=O)(=O)N[C@H](C(=O)OCc2cc(=O)oc3cc(C)c(C)cc23)C(C)C)cc1. The van der Waals surface area contributed by atoms with Crippen molar-refractivity contribution >= 4 is 27.0 Å². The Morgan fingerprint density at radius 3 is 2.30 bits per heavy atom. The van der Waals surface area contributed by atoms with Crippen LogP contribution >= 0.6 is 0 Å². The van der Waals surface area contributed by atoms with Gasteiger partial charge in [-0.25, -0.2) is 13.2 Å². The van der Waals surface area contributed by atoms with E-state index in [-0.39, 0.29) is 17.4 Å². The summed E-state index contributed by atoms with van der Waals surface area (Å²) in [6.45, 7) is 7.06. The zero-order valence-electron chi connectivity index (χ0n) is 19.2. The van der Waals surface area contributed by atoms with Crippen molar-refractivity contribution in [1.82, 2.24) is 4.72 Å². The van der Waals surface area contributed by atoms with Crippen molar-refractivity contribution in [3.8, 4) is 5.75 Å². The number of ether oxygens (including phenoxy) is 2. The highest BCUT2D eigenvalue weighted by Crippen LogP contribution is 2.23. The lowest BCUT2D eigenvalue weighted by Crippen LogP contribution is -2.45. The first kappa shape index (κ1) is 24.5. The van der Waals surface area contributed by atoms with Gasteiger partial charge in [0.2, 0.25) is 10.0 Å². The zero-order chi connectivity index (χ0) is 24.3. The van der Waals surface area contributed by atoms with Gasteiger partial charge in [0.05, 0.1) is 12.0 Å². The minimum Gasteiger partial charge on any atom is -0.497 e. The van der Waals surface area contributed by atoms with Gasteiger partial charge in [0.25, 0.3) is 0 Å². The Hall–Kier alpha value is -3.17. The fourth-order valence-electron chi connectivity index (χ4n) is 3.29. The van der Waals surface area contributed by atoms with Crippen molar-refractivity contribution in [2.75, 3.05) is 7.11 Å². The third-order valence-corrected chi connectivity index (χ3v) is 6.84. The van der Waals surface area contributed by atoms with Crippen LogP contribution in [0.4, 0.5) is 0 Å². The van der Waals surface area contributed by atoms with Crippen LogP contribution in [-0.4, -0.2) is 27.5 Å². The molecule has 0 radical (unpaired) electrons. The minimum absolute atomic E-state index is 0.000688. The van der Waals surface area contributed by atoms with Crippen LogP contribution in [0.5, 0.6) is 5.75 Å². The Balaban J connectivity index is 1.81. The smallest absolute Gasteiger partial charge is 0.336 e. The average Bonchev–Trinajstić information content (AvgIpc) is 2.76. The Morgan fingerprint density at radius 2 is 1.70 bits per heavy atom. The Morgan fingerprint density at radius 1 is 1.06 bits per heavy atom. The standard InChI is InChI=1S/C24H27NO7S/c1-14(2)23(25-33(28,29)19-8-6-18(30-5)7-9-19)24(27)31-13-17-12-22(26)32-21-11-16(4)15(3)10-20(17)21/h6-12,14,23,25H,13H2,1-5H3/t23-/m0/s1. The zero-order valence-corrected chi connectivity index (χ0v) is 20.0. The van der Waals surface area contributed by atoms with E-state index in [0.29, 0.717) is 22.3 Å². The topological polar surface area (TPSA) is 112 Å². The van der Waals surface area contributed by atoms with Gasteiger partial charge in [-0.3, -0.25) is 4.79 Å². The fourth-order valence-corrected chi connectivity index (χ4v) is 4.62. The molecule has 176 valence electrons. The second-order valence-electron chi connectivity index (χ2n) is 8.15. The lowest BCUT2D eigenvalue weighted by molar-refractivity contribution is -0.148. The number of aryl methyl sites for hydroxylation is 2. The van der Waals surface area contributed by atoms with Gasteiger partial charge in [0, 0.05) is 17.0 Å². The quantitative estimate of drug-likeness (QED) is 0.394. The molecule has 0 saturated carbocycles. The third kappa shape index (κ3) is 5.61. The second kappa shape index (κ2) is 9.76.